The van der Waals surface area contributed by atoms with Crippen LogP contribution in [-0.2, 0) is 11.3 Å². The highest BCUT2D eigenvalue weighted by Crippen LogP contribution is 2.25. The third kappa shape index (κ3) is 5.63. The minimum absolute atomic E-state index is 0.175. The van der Waals surface area contributed by atoms with Crippen LogP contribution in [0.5, 0.6) is 6.01 Å². The Morgan fingerprint density at radius 2 is 1.71 bits per heavy atom. The number of ether oxygens (including phenoxy) is 1. The number of aromatic amines is 1. The second-order valence-electron chi connectivity index (χ2n) is 7.47. The molecule has 0 saturated heterocycles. The highest BCUT2D eigenvalue weighted by Gasteiger charge is 2.10. The number of carbonyl (C=O) groups excluding carboxylic acids is 1. The van der Waals surface area contributed by atoms with Crippen LogP contribution in [0.25, 0.3) is 21.9 Å². The topological polar surface area (TPSA) is 134 Å². The van der Waals surface area contributed by atoms with Gasteiger partial charge in [-0.15, -0.1) is 0 Å². The summed E-state index contributed by atoms with van der Waals surface area (Å²) in [4.78, 5) is 44.2. The number of rotatable bonds is 5. The van der Waals surface area contributed by atoms with Gasteiger partial charge in [-0.05, 0) is 60.0 Å². The van der Waals surface area contributed by atoms with E-state index in [0.717, 1.165) is 33.2 Å². The molecule has 0 aliphatic heterocycles. The fraction of sp³-hybridized carbons (Fsp3) is 0.160. The normalized spacial score (nSPS) is 10.2. The van der Waals surface area contributed by atoms with Gasteiger partial charge < -0.3 is 20.1 Å². The monoisotopic (exact) mass is 460 g/mol. The van der Waals surface area contributed by atoms with Crippen molar-refractivity contribution in [3.05, 3.63) is 87.6 Å². The molecule has 2 heterocycles. The highest BCUT2D eigenvalue weighted by atomic mass is 16.5. The number of carboxylic acid groups (broad SMARTS) is 1. The molecule has 9 nitrogen and oxygen atoms in total. The zero-order chi connectivity index (χ0) is 24.7. The Kier molecular flexibility index (Phi) is 7.71. The number of aromatic nitrogens is 3. The lowest BCUT2D eigenvalue weighted by Gasteiger charge is -2.09. The molecule has 0 aliphatic carbocycles. The number of hydrogen-bond acceptors (Lipinski definition) is 6. The summed E-state index contributed by atoms with van der Waals surface area (Å²) in [5.74, 6) is -0.228. The van der Waals surface area contributed by atoms with Crippen LogP contribution in [0.15, 0.2) is 59.7 Å². The number of hydrogen-bond donors (Lipinski definition) is 3. The van der Waals surface area contributed by atoms with Crippen LogP contribution in [0.2, 0.25) is 0 Å². The molecule has 0 aliphatic rings. The van der Waals surface area contributed by atoms with Crippen molar-refractivity contribution in [2.45, 2.75) is 20.4 Å². The van der Waals surface area contributed by atoms with Gasteiger partial charge in [-0.1, -0.05) is 18.2 Å². The molecule has 4 rings (SSSR count). The second-order valence-corrected chi connectivity index (χ2v) is 7.47. The van der Waals surface area contributed by atoms with E-state index in [2.05, 4.69) is 20.3 Å². The Morgan fingerprint density at radius 3 is 2.35 bits per heavy atom. The molecular formula is C25H24N4O5. The Labute approximate surface area is 195 Å². The Morgan fingerprint density at radius 1 is 1.06 bits per heavy atom. The van der Waals surface area contributed by atoms with Gasteiger partial charge in [-0.2, -0.15) is 0 Å². The van der Waals surface area contributed by atoms with E-state index < -0.39 is 0 Å². The number of nitrogens with zero attached hydrogens (tertiary/aromatic N) is 2. The van der Waals surface area contributed by atoms with Crippen LogP contribution < -0.4 is 15.6 Å². The Balaban J connectivity index is 0.00000103. The molecule has 0 unspecified atom stereocenters. The van der Waals surface area contributed by atoms with Crippen LogP contribution in [0, 0.1) is 13.8 Å². The summed E-state index contributed by atoms with van der Waals surface area (Å²) in [6.45, 7) is 3.62. The molecule has 0 atom stereocenters. The summed E-state index contributed by atoms with van der Waals surface area (Å²) in [5.41, 5.74) is 4.43. The SMILES string of the molecule is COc1ncc(-c2ccc3cc(C(=O)NCc4c(C)cc(C)[nH]c4=O)ccc3c2)cn1.O=CO. The first kappa shape index (κ1) is 24.1. The number of nitrogens with one attached hydrogen (secondary N) is 2. The van der Waals surface area contributed by atoms with Crippen LogP contribution in [0.3, 0.4) is 0 Å². The van der Waals surface area contributed by atoms with Gasteiger partial charge in [0.05, 0.1) is 7.11 Å². The van der Waals surface area contributed by atoms with Gasteiger partial charge in [0, 0.05) is 41.3 Å². The Hall–Kier alpha value is -4.53. The molecular weight excluding hydrogens is 436 g/mol. The molecule has 0 saturated carbocycles. The molecule has 0 fully saturated rings. The van der Waals surface area contributed by atoms with Gasteiger partial charge in [-0.3, -0.25) is 14.4 Å². The summed E-state index contributed by atoms with van der Waals surface area (Å²) in [5, 5.41) is 11.7. The second kappa shape index (κ2) is 10.9. The van der Waals surface area contributed by atoms with Gasteiger partial charge in [0.2, 0.25) is 0 Å². The number of fused-ring (bicyclic) bond motifs is 1. The van der Waals surface area contributed by atoms with E-state index in [4.69, 9.17) is 14.6 Å². The van der Waals surface area contributed by atoms with Crippen LogP contribution in [-0.4, -0.2) is 39.5 Å². The lowest BCUT2D eigenvalue weighted by Crippen LogP contribution is -2.27. The predicted molar refractivity (Wildman–Crippen MR) is 128 cm³/mol. The van der Waals surface area contributed by atoms with Crippen molar-refractivity contribution in [2.24, 2.45) is 0 Å². The van der Waals surface area contributed by atoms with Crippen LogP contribution >= 0.6 is 0 Å². The third-order valence-electron chi connectivity index (χ3n) is 5.17. The molecule has 3 N–H and O–H groups in total. The Bertz CT molecular complexity index is 1380. The van der Waals surface area contributed by atoms with Gasteiger partial charge in [0.25, 0.3) is 17.9 Å². The maximum Gasteiger partial charge on any atom is 0.316 e. The summed E-state index contributed by atoms with van der Waals surface area (Å²) in [6, 6.07) is 13.7. The standard InChI is InChI=1S/C24H22N4O3.CH2O2/c1-14-8-15(2)28-23(30)21(14)13-25-22(29)19-7-6-16-9-18(5-4-17(16)10-19)20-11-26-24(31-3)27-12-20;2-1-3/h4-12H,13H2,1-3H3,(H,25,29)(H,28,30);1H,(H,2,3). The number of pyridine rings is 1. The van der Waals surface area contributed by atoms with Gasteiger partial charge in [0.1, 0.15) is 0 Å². The molecule has 1 amide bonds. The molecule has 0 radical (unpaired) electrons. The van der Waals surface area contributed by atoms with Crippen molar-refractivity contribution in [3.63, 3.8) is 0 Å². The molecule has 174 valence electrons. The average Bonchev–Trinajstić information content (AvgIpc) is 2.83. The van der Waals surface area contributed by atoms with E-state index in [9.17, 15) is 9.59 Å². The quantitative estimate of drug-likeness (QED) is 0.389. The number of carbonyl (C=O) groups is 2. The molecule has 9 heteroatoms. The van der Waals surface area contributed by atoms with Crippen molar-refractivity contribution in [3.8, 4) is 17.1 Å². The smallest absolute Gasteiger partial charge is 0.316 e. The van der Waals surface area contributed by atoms with E-state index >= 15 is 0 Å². The molecule has 2 aromatic heterocycles. The van der Waals surface area contributed by atoms with E-state index in [-0.39, 0.29) is 24.5 Å². The van der Waals surface area contributed by atoms with E-state index in [1.165, 1.54) is 7.11 Å². The number of methoxy groups -OCH3 is 1. The van der Waals surface area contributed by atoms with Gasteiger partial charge in [0.15, 0.2) is 0 Å². The largest absolute Gasteiger partial charge is 0.483 e. The van der Waals surface area contributed by atoms with Crippen molar-refractivity contribution in [2.75, 3.05) is 7.11 Å². The molecule has 2 aromatic carbocycles. The average molecular weight is 460 g/mol. The fourth-order valence-electron chi connectivity index (χ4n) is 3.51. The van der Waals surface area contributed by atoms with Crippen molar-refractivity contribution >= 4 is 23.2 Å². The summed E-state index contributed by atoms with van der Waals surface area (Å²) >= 11 is 0. The predicted octanol–water partition coefficient (Wildman–Crippen LogP) is 3.24. The third-order valence-corrected chi connectivity index (χ3v) is 5.17. The summed E-state index contributed by atoms with van der Waals surface area (Å²) < 4.78 is 5.00. The molecule has 4 aromatic rings. The van der Waals surface area contributed by atoms with Gasteiger partial charge in [-0.25, -0.2) is 9.97 Å². The minimum atomic E-state index is -0.250. The highest BCUT2D eigenvalue weighted by molar-refractivity contribution is 5.99. The number of amides is 1. The fourth-order valence-corrected chi connectivity index (χ4v) is 3.51. The van der Waals surface area contributed by atoms with Crippen molar-refractivity contribution in [1.29, 1.82) is 0 Å². The number of aryl methyl sites for hydroxylation is 2. The maximum absolute atomic E-state index is 12.6. The lowest BCUT2D eigenvalue weighted by atomic mass is 10.0. The number of benzene rings is 2. The minimum Gasteiger partial charge on any atom is -0.483 e. The molecule has 0 bridgehead atoms. The lowest BCUT2D eigenvalue weighted by molar-refractivity contribution is -0.122. The first-order valence-electron chi connectivity index (χ1n) is 10.3. The first-order valence-corrected chi connectivity index (χ1v) is 10.3. The molecule has 0 spiro atoms. The molecule has 34 heavy (non-hydrogen) atoms. The van der Waals surface area contributed by atoms with Crippen LogP contribution in [0.1, 0.15) is 27.2 Å². The van der Waals surface area contributed by atoms with E-state index in [1.807, 2.05) is 50.2 Å². The van der Waals surface area contributed by atoms with Crippen molar-refractivity contribution < 1.29 is 19.4 Å². The summed E-state index contributed by atoms with van der Waals surface area (Å²) in [7, 11) is 1.53. The van der Waals surface area contributed by atoms with Crippen LogP contribution in [0.4, 0.5) is 0 Å². The van der Waals surface area contributed by atoms with E-state index in [0.29, 0.717) is 17.1 Å². The number of H-pyrrole nitrogens is 1. The van der Waals surface area contributed by atoms with Gasteiger partial charge >= 0.3 is 6.01 Å². The summed E-state index contributed by atoms with van der Waals surface area (Å²) in [6.07, 6.45) is 3.42. The first-order chi connectivity index (χ1) is 16.4. The maximum atomic E-state index is 12.6. The zero-order valence-corrected chi connectivity index (χ0v) is 19.0. The van der Waals surface area contributed by atoms with Crippen molar-refractivity contribution in [1.82, 2.24) is 20.3 Å². The van der Waals surface area contributed by atoms with E-state index in [1.54, 1.807) is 18.5 Å². The zero-order valence-electron chi connectivity index (χ0n) is 19.0.